The van der Waals surface area contributed by atoms with E-state index in [1.165, 1.54) is 33.4 Å². The molecule has 3 heteroatoms. The van der Waals surface area contributed by atoms with Gasteiger partial charge in [0.05, 0.1) is 0 Å². The van der Waals surface area contributed by atoms with Gasteiger partial charge < -0.3 is 9.32 Å². The van der Waals surface area contributed by atoms with Crippen LogP contribution in [0.25, 0.3) is 66.7 Å². The van der Waals surface area contributed by atoms with Gasteiger partial charge in [-0.05, 0) is 117 Å². The summed E-state index contributed by atoms with van der Waals surface area (Å²) >= 11 is 0. The van der Waals surface area contributed by atoms with Crippen LogP contribution in [0.5, 0.6) is 0 Å². The van der Waals surface area contributed by atoms with Crippen LogP contribution in [0.3, 0.4) is 0 Å². The fourth-order valence-electron chi connectivity index (χ4n) is 8.21. The summed E-state index contributed by atoms with van der Waals surface area (Å²) in [5.41, 5.74) is 16.2. The Balaban J connectivity index is 0.985. The molecule has 3 nitrogen and oxygen atoms in total. The molecule has 9 aromatic rings. The summed E-state index contributed by atoms with van der Waals surface area (Å²) < 4.78 is 6.30. The number of hydrogen-bond donors (Lipinski definition) is 0. The topological polar surface area (TPSA) is 29.3 Å². The Hall–Kier alpha value is -6.71. The van der Waals surface area contributed by atoms with E-state index in [0.29, 0.717) is 5.89 Å². The second-order valence-electron chi connectivity index (χ2n) is 14.4. The Labute approximate surface area is 309 Å². The molecule has 53 heavy (non-hydrogen) atoms. The number of benzene rings is 8. The van der Waals surface area contributed by atoms with Gasteiger partial charge in [-0.25, -0.2) is 4.98 Å². The van der Waals surface area contributed by atoms with E-state index in [1.807, 2.05) is 36.4 Å². The van der Waals surface area contributed by atoms with Crippen molar-refractivity contribution in [1.82, 2.24) is 4.98 Å². The van der Waals surface area contributed by atoms with E-state index >= 15 is 0 Å². The van der Waals surface area contributed by atoms with Gasteiger partial charge in [0.2, 0.25) is 5.89 Å². The zero-order chi connectivity index (χ0) is 35.5. The van der Waals surface area contributed by atoms with E-state index in [0.717, 1.165) is 55.6 Å². The number of rotatable bonds is 6. The predicted molar refractivity (Wildman–Crippen MR) is 220 cm³/mol. The number of nitrogens with zero attached hydrogens (tertiary/aromatic N) is 2. The maximum Gasteiger partial charge on any atom is 0.227 e. The van der Waals surface area contributed by atoms with Gasteiger partial charge in [-0.15, -0.1) is 0 Å². The summed E-state index contributed by atoms with van der Waals surface area (Å²) in [5.74, 6) is 0.642. The van der Waals surface area contributed by atoms with Gasteiger partial charge in [0.15, 0.2) is 5.58 Å². The van der Waals surface area contributed by atoms with Crippen molar-refractivity contribution in [3.63, 3.8) is 0 Å². The Morgan fingerprint density at radius 1 is 0.472 bits per heavy atom. The molecule has 0 unspecified atom stereocenters. The quantitative estimate of drug-likeness (QED) is 0.175. The van der Waals surface area contributed by atoms with Crippen LogP contribution in [0.4, 0.5) is 17.1 Å². The van der Waals surface area contributed by atoms with Crippen molar-refractivity contribution >= 4 is 38.9 Å². The molecule has 0 bridgehead atoms. The van der Waals surface area contributed by atoms with E-state index < -0.39 is 0 Å². The first-order valence-electron chi connectivity index (χ1n) is 18.2. The molecule has 0 radical (unpaired) electrons. The van der Waals surface area contributed by atoms with Gasteiger partial charge in [-0.3, -0.25) is 0 Å². The van der Waals surface area contributed by atoms with E-state index in [4.69, 9.17) is 9.40 Å². The van der Waals surface area contributed by atoms with Crippen LogP contribution in [0, 0.1) is 0 Å². The number of para-hydroxylation sites is 1. The van der Waals surface area contributed by atoms with Crippen LogP contribution in [0.1, 0.15) is 25.0 Å². The molecule has 0 atom stereocenters. The minimum Gasteiger partial charge on any atom is -0.435 e. The molecule has 0 saturated heterocycles. The molecular formula is C50H36N2O. The maximum absolute atomic E-state index is 6.30. The smallest absolute Gasteiger partial charge is 0.227 e. The van der Waals surface area contributed by atoms with Gasteiger partial charge in [0, 0.05) is 33.4 Å². The third kappa shape index (κ3) is 5.16. The van der Waals surface area contributed by atoms with Crippen molar-refractivity contribution < 1.29 is 4.42 Å². The highest BCUT2D eigenvalue weighted by Gasteiger charge is 2.36. The third-order valence-corrected chi connectivity index (χ3v) is 10.9. The number of hydrogen-bond acceptors (Lipinski definition) is 3. The molecule has 0 N–H and O–H groups in total. The van der Waals surface area contributed by atoms with Crippen LogP contribution >= 0.6 is 0 Å². The Bertz CT molecular complexity index is 2780. The van der Waals surface area contributed by atoms with E-state index in [-0.39, 0.29) is 5.41 Å². The van der Waals surface area contributed by atoms with Crippen molar-refractivity contribution in [2.24, 2.45) is 0 Å². The van der Waals surface area contributed by atoms with Crippen molar-refractivity contribution in [2.75, 3.05) is 4.90 Å². The first-order chi connectivity index (χ1) is 26.0. The molecule has 1 aromatic heterocycles. The van der Waals surface area contributed by atoms with E-state index in [2.05, 4.69) is 164 Å². The molecule has 0 aliphatic heterocycles. The fraction of sp³-hybridized carbons (Fsp3) is 0.0600. The highest BCUT2D eigenvalue weighted by molar-refractivity contribution is 6.05. The Morgan fingerprint density at radius 3 is 1.83 bits per heavy atom. The normalized spacial score (nSPS) is 12.9. The minimum atomic E-state index is -0.0268. The van der Waals surface area contributed by atoms with Gasteiger partial charge in [-0.1, -0.05) is 129 Å². The van der Waals surface area contributed by atoms with Crippen LogP contribution in [0.2, 0.25) is 0 Å². The average Bonchev–Trinajstić information content (AvgIpc) is 3.76. The zero-order valence-electron chi connectivity index (χ0n) is 29.6. The van der Waals surface area contributed by atoms with Crippen molar-refractivity contribution in [2.45, 2.75) is 19.3 Å². The maximum atomic E-state index is 6.30. The number of anilines is 3. The molecular weight excluding hydrogens is 645 g/mol. The van der Waals surface area contributed by atoms with Crippen molar-refractivity contribution in [3.05, 3.63) is 193 Å². The second kappa shape index (κ2) is 12.2. The molecule has 0 spiro atoms. The fourth-order valence-corrected chi connectivity index (χ4v) is 8.21. The van der Waals surface area contributed by atoms with E-state index in [1.54, 1.807) is 0 Å². The lowest BCUT2D eigenvalue weighted by Crippen LogP contribution is -2.14. The lowest BCUT2D eigenvalue weighted by Gasteiger charge is -2.26. The Kier molecular flexibility index (Phi) is 7.16. The Morgan fingerprint density at radius 2 is 1.08 bits per heavy atom. The number of aromatic nitrogens is 1. The summed E-state index contributed by atoms with van der Waals surface area (Å²) in [6.45, 7) is 4.68. The minimum absolute atomic E-state index is 0.0268. The molecule has 10 rings (SSSR count). The molecule has 252 valence electrons. The van der Waals surface area contributed by atoms with Crippen LogP contribution in [0.15, 0.2) is 186 Å². The van der Waals surface area contributed by atoms with Crippen molar-refractivity contribution in [3.8, 4) is 44.8 Å². The standard InChI is InChI=1S/C50H36N2O/c1-50(2)44-18-10-9-16-43(44)47-41(17-11-19-45(47)50)34-22-28-40(29-23-34)52(38-14-7-4-8-15-38)39-26-20-33(21-27-39)36-24-30-42-37(32-36)25-31-46-48(42)53-49(51-46)35-12-5-3-6-13-35/h3-32H,1-2H3. The highest BCUT2D eigenvalue weighted by atomic mass is 16.3. The van der Waals surface area contributed by atoms with E-state index in [9.17, 15) is 0 Å². The molecule has 1 aliphatic rings. The number of oxazole rings is 1. The van der Waals surface area contributed by atoms with Crippen LogP contribution in [-0.4, -0.2) is 4.98 Å². The van der Waals surface area contributed by atoms with Gasteiger partial charge in [0.1, 0.15) is 5.52 Å². The van der Waals surface area contributed by atoms with Crippen LogP contribution < -0.4 is 4.90 Å². The monoisotopic (exact) mass is 680 g/mol. The SMILES string of the molecule is CC1(C)c2ccccc2-c2c(-c3ccc(N(c4ccccc4)c4ccc(-c5ccc6c(ccc7nc(-c8ccccc8)oc76)c5)cc4)cc3)cccc21. The second-order valence-corrected chi connectivity index (χ2v) is 14.4. The van der Waals surface area contributed by atoms with Gasteiger partial charge >= 0.3 is 0 Å². The van der Waals surface area contributed by atoms with Crippen LogP contribution in [-0.2, 0) is 5.41 Å². The summed E-state index contributed by atoms with van der Waals surface area (Å²) in [6, 6.07) is 65.0. The third-order valence-electron chi connectivity index (χ3n) is 10.9. The average molecular weight is 681 g/mol. The summed E-state index contributed by atoms with van der Waals surface area (Å²) in [5, 5.41) is 2.18. The molecule has 0 fully saturated rings. The lowest BCUT2D eigenvalue weighted by atomic mass is 9.82. The number of fused-ring (bicyclic) bond motifs is 6. The molecule has 1 aliphatic carbocycles. The first kappa shape index (κ1) is 31.1. The van der Waals surface area contributed by atoms with Gasteiger partial charge in [0.25, 0.3) is 0 Å². The van der Waals surface area contributed by atoms with Crippen molar-refractivity contribution in [1.29, 1.82) is 0 Å². The first-order valence-corrected chi connectivity index (χ1v) is 18.2. The molecule has 0 saturated carbocycles. The summed E-state index contributed by atoms with van der Waals surface area (Å²) in [6.07, 6.45) is 0. The molecule has 1 heterocycles. The predicted octanol–water partition coefficient (Wildman–Crippen LogP) is 13.8. The summed E-state index contributed by atoms with van der Waals surface area (Å²) in [7, 11) is 0. The zero-order valence-corrected chi connectivity index (χ0v) is 29.6. The molecule has 8 aromatic carbocycles. The highest BCUT2D eigenvalue weighted by Crippen LogP contribution is 2.52. The largest absolute Gasteiger partial charge is 0.435 e. The molecule has 0 amide bonds. The van der Waals surface area contributed by atoms with Gasteiger partial charge in [-0.2, -0.15) is 0 Å². The lowest BCUT2D eigenvalue weighted by molar-refractivity contribution is 0.623. The summed E-state index contributed by atoms with van der Waals surface area (Å²) in [4.78, 5) is 7.09.